The Morgan fingerprint density at radius 1 is 1.11 bits per heavy atom. The second-order valence-electron chi connectivity index (χ2n) is 9.70. The van der Waals surface area contributed by atoms with Crippen LogP contribution in [-0.2, 0) is 19.8 Å². The van der Waals surface area contributed by atoms with Gasteiger partial charge in [0.1, 0.15) is 0 Å². The van der Waals surface area contributed by atoms with Crippen molar-refractivity contribution >= 4 is 42.7 Å². The number of amides is 1. The summed E-state index contributed by atoms with van der Waals surface area (Å²) in [6.07, 6.45) is 7.00. The van der Waals surface area contributed by atoms with E-state index in [-0.39, 0.29) is 17.3 Å². The normalized spacial score (nSPS) is 17.4. The van der Waals surface area contributed by atoms with Crippen LogP contribution in [0, 0.1) is 4.78 Å². The molecule has 1 aliphatic rings. The molecule has 1 heterocycles. The van der Waals surface area contributed by atoms with E-state index in [1.807, 2.05) is 0 Å². The Bertz CT molecular complexity index is 1290. The summed E-state index contributed by atoms with van der Waals surface area (Å²) >= 11 is 0. The lowest BCUT2D eigenvalue weighted by atomic mass is 10.1. The van der Waals surface area contributed by atoms with Gasteiger partial charge in [0.15, 0.2) is 0 Å². The molecule has 0 bridgehead atoms. The second kappa shape index (κ2) is 12.3. The molecule has 2 atom stereocenters. The maximum atomic E-state index is 13.3. The third-order valence-corrected chi connectivity index (χ3v) is 9.77. The predicted molar refractivity (Wildman–Crippen MR) is 152 cm³/mol. The Kier molecular flexibility index (Phi) is 9.60. The Balaban J connectivity index is 1.79. The van der Waals surface area contributed by atoms with Gasteiger partial charge in [-0.3, -0.25) is 9.10 Å². The van der Waals surface area contributed by atoms with Gasteiger partial charge in [0, 0.05) is 48.2 Å². The van der Waals surface area contributed by atoms with Crippen molar-refractivity contribution in [3.05, 3.63) is 48.0 Å². The first-order valence-electron chi connectivity index (χ1n) is 12.7. The Morgan fingerprint density at radius 3 is 2.38 bits per heavy atom. The van der Waals surface area contributed by atoms with E-state index in [2.05, 4.69) is 17.1 Å². The standard InChI is InChI=1S/C26H39N5O4S2/c1-4-5-6-7-8-17-37(28,35)23-12-9-21(10-13-23)29-26(32)24-18-22(31-16-15-20(27)19-31)11-14-25(24)30(2)36(3,33)34/h9-14,18,20,28H,4-8,15-17,19,27H2,1-3H3,(H,29,32)/t20-,37?/m0/s1. The van der Waals surface area contributed by atoms with Gasteiger partial charge in [-0.1, -0.05) is 32.6 Å². The summed E-state index contributed by atoms with van der Waals surface area (Å²) in [6.45, 7) is 3.56. The van der Waals surface area contributed by atoms with Crippen LogP contribution in [0.1, 0.15) is 55.8 Å². The second-order valence-corrected chi connectivity index (χ2v) is 13.9. The van der Waals surface area contributed by atoms with Crippen molar-refractivity contribution in [1.29, 1.82) is 4.78 Å². The van der Waals surface area contributed by atoms with Crippen molar-refractivity contribution in [2.75, 3.05) is 46.7 Å². The highest BCUT2D eigenvalue weighted by molar-refractivity contribution is 7.92. The lowest BCUT2D eigenvalue weighted by Gasteiger charge is -2.24. The van der Waals surface area contributed by atoms with Gasteiger partial charge in [-0.05, 0) is 55.3 Å². The first kappa shape index (κ1) is 28.9. The topological polar surface area (TPSA) is 137 Å². The minimum atomic E-state index is -3.59. The highest BCUT2D eigenvalue weighted by Crippen LogP contribution is 2.30. The van der Waals surface area contributed by atoms with Crippen molar-refractivity contribution in [3.8, 4) is 0 Å². The first-order valence-corrected chi connectivity index (χ1v) is 16.3. The maximum absolute atomic E-state index is 13.3. The van der Waals surface area contributed by atoms with E-state index in [9.17, 15) is 17.4 Å². The molecule has 4 N–H and O–H groups in total. The van der Waals surface area contributed by atoms with Crippen LogP contribution in [0.25, 0.3) is 0 Å². The summed E-state index contributed by atoms with van der Waals surface area (Å²) in [6, 6.07) is 11.7. The van der Waals surface area contributed by atoms with Gasteiger partial charge < -0.3 is 16.0 Å². The van der Waals surface area contributed by atoms with E-state index >= 15 is 0 Å². The number of unbranched alkanes of at least 4 members (excludes halogenated alkanes) is 4. The van der Waals surface area contributed by atoms with E-state index < -0.39 is 25.7 Å². The lowest BCUT2D eigenvalue weighted by molar-refractivity contribution is 0.102. The van der Waals surface area contributed by atoms with Crippen LogP contribution in [-0.4, -0.2) is 56.7 Å². The number of anilines is 3. The first-order chi connectivity index (χ1) is 17.4. The predicted octanol–water partition coefficient (Wildman–Crippen LogP) is 4.25. The lowest BCUT2D eigenvalue weighted by Crippen LogP contribution is -2.29. The minimum Gasteiger partial charge on any atom is -0.370 e. The molecule has 1 saturated heterocycles. The maximum Gasteiger partial charge on any atom is 0.257 e. The fourth-order valence-electron chi connectivity index (χ4n) is 4.36. The van der Waals surface area contributed by atoms with E-state index in [1.54, 1.807) is 42.5 Å². The molecule has 1 amide bonds. The van der Waals surface area contributed by atoms with Gasteiger partial charge in [0.25, 0.3) is 5.91 Å². The zero-order valence-electron chi connectivity index (χ0n) is 21.9. The molecular weight excluding hydrogens is 510 g/mol. The SMILES string of the molecule is CCCCCCCS(=N)(=O)c1ccc(NC(=O)c2cc(N3CC[C@H](N)C3)ccc2N(C)S(C)(=O)=O)cc1. The summed E-state index contributed by atoms with van der Waals surface area (Å²) in [5.74, 6) is -0.151. The van der Waals surface area contributed by atoms with Crippen molar-refractivity contribution in [1.82, 2.24) is 0 Å². The molecule has 0 saturated carbocycles. The molecule has 2 aromatic carbocycles. The molecular formula is C26H39N5O4S2. The zero-order valence-corrected chi connectivity index (χ0v) is 23.5. The molecule has 0 aliphatic carbocycles. The molecule has 1 aliphatic heterocycles. The molecule has 0 radical (unpaired) electrons. The van der Waals surface area contributed by atoms with E-state index in [0.29, 0.717) is 22.9 Å². The third kappa shape index (κ3) is 7.68. The number of hydrogen-bond donors (Lipinski definition) is 3. The number of nitrogens with one attached hydrogen (secondary N) is 2. The smallest absolute Gasteiger partial charge is 0.257 e. The molecule has 0 aromatic heterocycles. The zero-order chi connectivity index (χ0) is 27.2. The Morgan fingerprint density at radius 2 is 1.78 bits per heavy atom. The average Bonchev–Trinajstić information content (AvgIpc) is 3.29. The number of rotatable bonds is 12. The summed E-state index contributed by atoms with van der Waals surface area (Å²) in [4.78, 5) is 15.9. The summed E-state index contributed by atoms with van der Waals surface area (Å²) in [7, 11) is -5.08. The highest BCUT2D eigenvalue weighted by atomic mass is 32.2. The molecule has 11 heteroatoms. The van der Waals surface area contributed by atoms with Crippen molar-refractivity contribution in [3.63, 3.8) is 0 Å². The average molecular weight is 550 g/mol. The number of carbonyl (C=O) groups is 1. The van der Waals surface area contributed by atoms with Crippen LogP contribution in [0.5, 0.6) is 0 Å². The van der Waals surface area contributed by atoms with Crippen molar-refractivity contribution < 1.29 is 17.4 Å². The van der Waals surface area contributed by atoms with E-state index in [4.69, 9.17) is 10.5 Å². The van der Waals surface area contributed by atoms with Crippen LogP contribution in [0.15, 0.2) is 47.4 Å². The molecule has 9 nitrogen and oxygen atoms in total. The van der Waals surface area contributed by atoms with Crippen LogP contribution in [0.3, 0.4) is 0 Å². The number of carbonyl (C=O) groups excluding carboxylic acids is 1. The molecule has 204 valence electrons. The minimum absolute atomic E-state index is 0.0535. The number of nitrogens with zero attached hydrogens (tertiary/aromatic N) is 2. The van der Waals surface area contributed by atoms with Crippen LogP contribution in [0.4, 0.5) is 17.1 Å². The highest BCUT2D eigenvalue weighted by Gasteiger charge is 2.24. The molecule has 0 spiro atoms. The van der Waals surface area contributed by atoms with Crippen LogP contribution in [0.2, 0.25) is 0 Å². The van der Waals surface area contributed by atoms with Crippen LogP contribution < -0.4 is 20.3 Å². The molecule has 37 heavy (non-hydrogen) atoms. The molecule has 3 rings (SSSR count). The molecule has 2 aromatic rings. The number of benzene rings is 2. The largest absolute Gasteiger partial charge is 0.370 e. The van der Waals surface area contributed by atoms with Gasteiger partial charge >= 0.3 is 0 Å². The van der Waals surface area contributed by atoms with Gasteiger partial charge in [-0.15, -0.1) is 0 Å². The quantitative estimate of drug-likeness (QED) is 0.339. The van der Waals surface area contributed by atoms with Gasteiger partial charge in [0.2, 0.25) is 10.0 Å². The summed E-state index contributed by atoms with van der Waals surface area (Å²) in [5, 5.41) is 2.82. The van der Waals surface area contributed by atoms with Gasteiger partial charge in [-0.2, -0.15) is 0 Å². The van der Waals surface area contributed by atoms with Crippen molar-refractivity contribution in [2.24, 2.45) is 5.73 Å². The van der Waals surface area contributed by atoms with E-state index in [1.165, 1.54) is 7.05 Å². The fraction of sp³-hybridized carbons (Fsp3) is 0.500. The number of nitrogens with two attached hydrogens (primary N) is 1. The summed E-state index contributed by atoms with van der Waals surface area (Å²) < 4.78 is 46.7. The monoisotopic (exact) mass is 549 g/mol. The summed E-state index contributed by atoms with van der Waals surface area (Å²) in [5.41, 5.74) is 7.79. The molecule has 1 fully saturated rings. The third-order valence-electron chi connectivity index (χ3n) is 6.68. The fourth-order valence-corrected chi connectivity index (χ4v) is 6.30. The number of hydrogen-bond acceptors (Lipinski definition) is 7. The van der Waals surface area contributed by atoms with Gasteiger partial charge in [-0.25, -0.2) is 17.4 Å². The van der Waals surface area contributed by atoms with Crippen LogP contribution >= 0.6 is 0 Å². The Labute approximate surface area is 221 Å². The van der Waals surface area contributed by atoms with Crippen molar-refractivity contribution in [2.45, 2.75) is 56.4 Å². The number of sulfonamides is 1. The van der Waals surface area contributed by atoms with Gasteiger partial charge in [0.05, 0.1) is 27.2 Å². The van der Waals surface area contributed by atoms with E-state index in [0.717, 1.165) is 61.3 Å². The molecule has 1 unspecified atom stereocenters. The Hall–Kier alpha value is -2.63.